The zero-order valence-electron chi connectivity index (χ0n) is 10.7. The molecule has 0 aromatic heterocycles. The van der Waals surface area contributed by atoms with Gasteiger partial charge in [-0.25, -0.2) is 9.59 Å². The Morgan fingerprint density at radius 2 is 1.90 bits per heavy atom. The summed E-state index contributed by atoms with van der Waals surface area (Å²) in [6.45, 7) is 3.21. The third-order valence-electron chi connectivity index (χ3n) is 2.65. The number of carboxylic acids is 2. The maximum atomic E-state index is 11.1. The van der Waals surface area contributed by atoms with Crippen LogP contribution in [0.4, 0.5) is 11.4 Å². The van der Waals surface area contributed by atoms with Crippen molar-refractivity contribution in [1.29, 1.82) is 0 Å². The molecule has 0 aliphatic carbocycles. The lowest BCUT2D eigenvalue weighted by Crippen LogP contribution is -2.14. The quantitative estimate of drug-likeness (QED) is 0.425. The van der Waals surface area contributed by atoms with Gasteiger partial charge in [0.1, 0.15) is 11.4 Å². The average Bonchev–Trinajstić information content (AvgIpc) is 2.31. The molecule has 1 rings (SSSR count). The van der Waals surface area contributed by atoms with Crippen molar-refractivity contribution >= 4 is 23.3 Å². The van der Waals surface area contributed by atoms with E-state index >= 15 is 0 Å². The van der Waals surface area contributed by atoms with Crippen molar-refractivity contribution in [3.05, 3.63) is 45.1 Å². The fourth-order valence-corrected chi connectivity index (χ4v) is 1.56. The van der Waals surface area contributed by atoms with Gasteiger partial charge < -0.3 is 15.5 Å². The van der Waals surface area contributed by atoms with E-state index in [0.29, 0.717) is 17.2 Å². The van der Waals surface area contributed by atoms with Crippen LogP contribution in [-0.2, 0) is 9.59 Å². The lowest BCUT2D eigenvalue weighted by atomic mass is 10.1. The normalized spacial score (nSPS) is 11.0. The van der Waals surface area contributed by atoms with Crippen molar-refractivity contribution < 1.29 is 24.7 Å². The highest BCUT2D eigenvalue weighted by atomic mass is 16.6. The topological polar surface area (TPSA) is 130 Å². The number of aryl methyl sites for hydroxylation is 1. The van der Waals surface area contributed by atoms with Crippen LogP contribution < -0.4 is 5.32 Å². The first kappa shape index (κ1) is 15.2. The summed E-state index contributed by atoms with van der Waals surface area (Å²) in [6, 6.07) is 2.91. The Hall–Kier alpha value is -2.90. The maximum Gasteiger partial charge on any atom is 0.352 e. The second-order valence-corrected chi connectivity index (χ2v) is 3.99. The number of hydrogen-bond donors (Lipinski definition) is 3. The number of hydrogen-bond acceptors (Lipinski definition) is 5. The second-order valence-electron chi connectivity index (χ2n) is 3.99. The van der Waals surface area contributed by atoms with E-state index in [1.165, 1.54) is 13.0 Å². The van der Waals surface area contributed by atoms with Crippen LogP contribution in [-0.4, -0.2) is 27.1 Å². The molecule has 3 N–H and O–H groups in total. The van der Waals surface area contributed by atoms with Crippen molar-refractivity contribution in [1.82, 2.24) is 0 Å². The van der Waals surface area contributed by atoms with Crippen molar-refractivity contribution in [3.63, 3.8) is 0 Å². The molecule has 8 heteroatoms. The number of rotatable bonds is 5. The van der Waals surface area contributed by atoms with E-state index in [2.05, 4.69) is 5.32 Å². The average molecular weight is 280 g/mol. The fourth-order valence-electron chi connectivity index (χ4n) is 1.56. The lowest BCUT2D eigenvalue weighted by molar-refractivity contribution is -0.384. The summed E-state index contributed by atoms with van der Waals surface area (Å²) in [5.74, 6) is -3.00. The molecule has 1 aromatic carbocycles. The second kappa shape index (κ2) is 5.83. The summed E-state index contributed by atoms with van der Waals surface area (Å²) in [7, 11) is 0. The van der Waals surface area contributed by atoms with Gasteiger partial charge in [-0.2, -0.15) is 0 Å². The van der Waals surface area contributed by atoms with Crippen LogP contribution in [0.3, 0.4) is 0 Å². The molecular formula is C12H12N2O6. The Morgan fingerprint density at radius 3 is 2.35 bits per heavy atom. The minimum atomic E-state index is -1.53. The highest BCUT2D eigenvalue weighted by Crippen LogP contribution is 2.31. The largest absolute Gasteiger partial charge is 0.478 e. The van der Waals surface area contributed by atoms with E-state index < -0.39 is 22.6 Å². The monoisotopic (exact) mass is 280 g/mol. The van der Waals surface area contributed by atoms with E-state index in [9.17, 15) is 19.7 Å². The number of aliphatic carboxylic acids is 2. The van der Waals surface area contributed by atoms with Crippen molar-refractivity contribution in [2.75, 3.05) is 5.32 Å². The molecule has 20 heavy (non-hydrogen) atoms. The number of nitrogens with one attached hydrogen (secondary N) is 1. The molecule has 0 spiro atoms. The Balaban J connectivity index is 3.34. The van der Waals surface area contributed by atoms with Crippen LogP contribution >= 0.6 is 0 Å². The van der Waals surface area contributed by atoms with E-state index in [1.807, 2.05) is 0 Å². The summed E-state index contributed by atoms with van der Waals surface area (Å²) in [4.78, 5) is 31.8. The smallest absolute Gasteiger partial charge is 0.352 e. The van der Waals surface area contributed by atoms with Crippen LogP contribution in [0, 0.1) is 24.0 Å². The molecule has 0 saturated heterocycles. The first-order chi connectivity index (χ1) is 9.23. The molecule has 106 valence electrons. The number of benzene rings is 1. The van der Waals surface area contributed by atoms with Crippen molar-refractivity contribution in [3.8, 4) is 0 Å². The van der Waals surface area contributed by atoms with Gasteiger partial charge in [0.2, 0.25) is 0 Å². The van der Waals surface area contributed by atoms with Gasteiger partial charge in [0.25, 0.3) is 5.69 Å². The standard InChI is InChI=1S/C12H12N2O6/c1-6-3-4-8(11(7(6)2)14(19)20)13-9(12(17)18)5-10(15)16/h3-5,13H,1-2H3,(H,15,16)(H,17,18)/b9-5-. The molecule has 0 aliphatic rings. The Labute approximate surface area is 113 Å². The molecule has 0 radical (unpaired) electrons. The zero-order chi connectivity index (χ0) is 15.4. The molecule has 0 bridgehead atoms. The lowest BCUT2D eigenvalue weighted by Gasteiger charge is -2.10. The van der Waals surface area contributed by atoms with Gasteiger partial charge in [-0.05, 0) is 25.5 Å². The molecule has 0 aliphatic heterocycles. The SMILES string of the molecule is Cc1ccc(N/C(=C\C(=O)O)C(=O)O)c([N+](=O)[O-])c1C. The van der Waals surface area contributed by atoms with Gasteiger partial charge in [0.05, 0.1) is 11.0 Å². The number of nitro groups is 1. The highest BCUT2D eigenvalue weighted by Gasteiger charge is 2.21. The van der Waals surface area contributed by atoms with Gasteiger partial charge in [0, 0.05) is 5.56 Å². The van der Waals surface area contributed by atoms with Crippen LogP contribution in [0.2, 0.25) is 0 Å². The number of carbonyl (C=O) groups is 2. The Bertz CT molecular complexity index is 621. The van der Waals surface area contributed by atoms with Gasteiger partial charge in [-0.1, -0.05) is 6.07 Å². The molecule has 0 heterocycles. The highest BCUT2D eigenvalue weighted by molar-refractivity contribution is 5.97. The third kappa shape index (κ3) is 3.31. The van der Waals surface area contributed by atoms with Crippen LogP contribution in [0.25, 0.3) is 0 Å². The van der Waals surface area contributed by atoms with Crippen LogP contribution in [0.15, 0.2) is 23.9 Å². The molecule has 0 amide bonds. The molecule has 0 atom stereocenters. The number of carboxylic acid groups (broad SMARTS) is 2. The summed E-state index contributed by atoms with van der Waals surface area (Å²) in [5.41, 5.74) is 0.0146. The molecule has 8 nitrogen and oxygen atoms in total. The van der Waals surface area contributed by atoms with Crippen molar-refractivity contribution in [2.24, 2.45) is 0 Å². The number of anilines is 1. The summed E-state index contributed by atoms with van der Waals surface area (Å²) in [5, 5.41) is 30.8. The van der Waals surface area contributed by atoms with Crippen molar-refractivity contribution in [2.45, 2.75) is 13.8 Å². The third-order valence-corrected chi connectivity index (χ3v) is 2.65. The van der Waals surface area contributed by atoms with Gasteiger partial charge in [-0.15, -0.1) is 0 Å². The van der Waals surface area contributed by atoms with Gasteiger partial charge in [0.15, 0.2) is 0 Å². The van der Waals surface area contributed by atoms with Gasteiger partial charge in [-0.3, -0.25) is 10.1 Å². The maximum absolute atomic E-state index is 11.1. The molecule has 0 fully saturated rings. The van der Waals surface area contributed by atoms with E-state index in [0.717, 1.165) is 0 Å². The first-order valence-electron chi connectivity index (χ1n) is 5.43. The summed E-state index contributed by atoms with van der Waals surface area (Å²) >= 11 is 0. The van der Waals surface area contributed by atoms with Gasteiger partial charge >= 0.3 is 11.9 Å². The Morgan fingerprint density at radius 1 is 1.30 bits per heavy atom. The molecule has 0 unspecified atom stereocenters. The zero-order valence-corrected chi connectivity index (χ0v) is 10.7. The number of nitrogens with zero attached hydrogens (tertiary/aromatic N) is 1. The van der Waals surface area contributed by atoms with E-state index in [-0.39, 0.29) is 11.4 Å². The minimum absolute atomic E-state index is 0.0759. The Kier molecular flexibility index (Phi) is 4.42. The summed E-state index contributed by atoms with van der Waals surface area (Å²) < 4.78 is 0. The van der Waals surface area contributed by atoms with Crippen LogP contribution in [0.5, 0.6) is 0 Å². The predicted octanol–water partition coefficient (Wildman–Crippen LogP) is 1.68. The van der Waals surface area contributed by atoms with E-state index in [4.69, 9.17) is 10.2 Å². The predicted molar refractivity (Wildman–Crippen MR) is 69.5 cm³/mol. The van der Waals surface area contributed by atoms with Crippen LogP contribution in [0.1, 0.15) is 11.1 Å². The molecule has 1 aromatic rings. The fraction of sp³-hybridized carbons (Fsp3) is 0.167. The minimum Gasteiger partial charge on any atom is -0.478 e. The first-order valence-corrected chi connectivity index (χ1v) is 5.43. The summed E-state index contributed by atoms with van der Waals surface area (Å²) in [6.07, 6.45) is 0.432. The molecule has 0 saturated carbocycles. The molecular weight excluding hydrogens is 268 g/mol. The van der Waals surface area contributed by atoms with E-state index in [1.54, 1.807) is 13.0 Å². The number of nitro benzene ring substituents is 1.